The minimum Gasteiger partial charge on any atom is -0.465 e. The number of esters is 1. The average molecular weight is 462 g/mol. The van der Waals surface area contributed by atoms with Crippen molar-refractivity contribution in [3.8, 4) is 0 Å². The summed E-state index contributed by atoms with van der Waals surface area (Å²) in [6.45, 7) is 5.79. The third-order valence-corrected chi connectivity index (χ3v) is 6.86. The van der Waals surface area contributed by atoms with Gasteiger partial charge in [-0.15, -0.1) is 11.8 Å². The highest BCUT2D eigenvalue weighted by Gasteiger charge is 2.30. The van der Waals surface area contributed by atoms with Crippen molar-refractivity contribution in [1.82, 2.24) is 0 Å². The Morgan fingerprint density at radius 2 is 1.94 bits per heavy atom. The second-order valence-corrected chi connectivity index (χ2v) is 8.82. The number of benzene rings is 2. The van der Waals surface area contributed by atoms with Gasteiger partial charge in [0.15, 0.2) is 5.78 Å². The summed E-state index contributed by atoms with van der Waals surface area (Å²) in [6.07, 6.45) is 3.61. The molecule has 0 saturated carbocycles. The van der Waals surface area contributed by atoms with Gasteiger partial charge in [-0.05, 0) is 31.0 Å². The Morgan fingerprint density at radius 1 is 1.19 bits per heavy atom. The van der Waals surface area contributed by atoms with Crippen LogP contribution in [0, 0.1) is 21.3 Å². The van der Waals surface area contributed by atoms with Crippen molar-refractivity contribution in [2.24, 2.45) is 5.41 Å². The Bertz CT molecular complexity index is 981. The molecule has 0 saturated heterocycles. The number of nitrogens with zero attached hydrogens (tertiary/aromatic N) is 1. The zero-order valence-electron chi connectivity index (χ0n) is 18.6. The van der Waals surface area contributed by atoms with Crippen LogP contribution in [0.5, 0.6) is 0 Å². The molecule has 0 radical (unpaired) electrons. The SMILES string of the molecule is CCCCC(CC)(COC(C)=O)CSc1ccc(F)cc1C(=O)c1cccc([N+](=O)[O-])c1. The fraction of sp³-hybridized carbons (Fsp3) is 0.417. The molecule has 32 heavy (non-hydrogen) atoms. The Morgan fingerprint density at radius 3 is 2.56 bits per heavy atom. The number of unbranched alkanes of at least 4 members (excludes halogenated alkanes) is 1. The zero-order chi connectivity index (χ0) is 23.7. The van der Waals surface area contributed by atoms with E-state index in [4.69, 9.17) is 4.74 Å². The number of non-ortho nitro benzene ring substituents is 1. The molecule has 0 N–H and O–H groups in total. The molecule has 0 amide bonds. The van der Waals surface area contributed by atoms with E-state index in [9.17, 15) is 24.1 Å². The number of ether oxygens (including phenoxy) is 1. The van der Waals surface area contributed by atoms with Gasteiger partial charge in [0.25, 0.3) is 5.69 Å². The number of halogens is 1. The maximum absolute atomic E-state index is 14.0. The Balaban J connectivity index is 2.33. The topological polar surface area (TPSA) is 86.5 Å². The number of ketones is 1. The Kier molecular flexibility index (Phi) is 9.38. The standard InChI is InChI=1S/C24H28FNO5S/c1-4-6-12-24(5-2,15-31-17(3)27)16-32-22-11-10-19(25)14-21(22)23(28)18-8-7-9-20(13-18)26(29)30/h7-11,13-14H,4-6,12,15-16H2,1-3H3. The lowest BCUT2D eigenvalue weighted by Gasteiger charge is -2.32. The van der Waals surface area contributed by atoms with Crippen molar-refractivity contribution < 1.29 is 23.6 Å². The highest BCUT2D eigenvalue weighted by Crippen LogP contribution is 2.38. The molecule has 0 aromatic heterocycles. The van der Waals surface area contributed by atoms with Crippen LogP contribution in [0.4, 0.5) is 10.1 Å². The lowest BCUT2D eigenvalue weighted by Crippen LogP contribution is -2.30. The van der Waals surface area contributed by atoms with Gasteiger partial charge in [-0.3, -0.25) is 19.7 Å². The number of hydrogen-bond acceptors (Lipinski definition) is 6. The number of rotatable bonds is 12. The molecule has 1 atom stereocenters. The lowest BCUT2D eigenvalue weighted by atomic mass is 9.83. The first-order valence-electron chi connectivity index (χ1n) is 10.6. The summed E-state index contributed by atoms with van der Waals surface area (Å²) < 4.78 is 19.4. The van der Waals surface area contributed by atoms with E-state index in [2.05, 4.69) is 6.92 Å². The first-order chi connectivity index (χ1) is 15.2. The molecule has 0 fully saturated rings. The summed E-state index contributed by atoms with van der Waals surface area (Å²) in [5.74, 6) is -0.799. The normalized spacial score (nSPS) is 12.8. The molecular weight excluding hydrogens is 433 g/mol. The largest absolute Gasteiger partial charge is 0.465 e. The van der Waals surface area contributed by atoms with Crippen LogP contribution in [0.15, 0.2) is 47.4 Å². The predicted octanol–water partition coefficient (Wildman–Crippen LogP) is 6.21. The van der Waals surface area contributed by atoms with E-state index in [1.54, 1.807) is 6.07 Å². The zero-order valence-corrected chi connectivity index (χ0v) is 19.4. The summed E-state index contributed by atoms with van der Waals surface area (Å²) in [5.41, 5.74) is -0.192. The van der Waals surface area contributed by atoms with E-state index in [0.717, 1.165) is 31.7 Å². The highest BCUT2D eigenvalue weighted by molar-refractivity contribution is 7.99. The highest BCUT2D eigenvalue weighted by atomic mass is 32.2. The van der Waals surface area contributed by atoms with Crippen LogP contribution in [0.3, 0.4) is 0 Å². The number of hydrogen-bond donors (Lipinski definition) is 0. The first-order valence-corrected chi connectivity index (χ1v) is 11.5. The van der Waals surface area contributed by atoms with Crippen molar-refractivity contribution in [2.75, 3.05) is 12.4 Å². The first kappa shape index (κ1) is 25.5. The van der Waals surface area contributed by atoms with Gasteiger partial charge >= 0.3 is 5.97 Å². The van der Waals surface area contributed by atoms with Gasteiger partial charge in [0.05, 0.1) is 11.5 Å². The molecule has 0 bridgehead atoms. The van der Waals surface area contributed by atoms with Crippen LogP contribution in [0.25, 0.3) is 0 Å². The van der Waals surface area contributed by atoms with Crippen LogP contribution in [-0.2, 0) is 9.53 Å². The van der Waals surface area contributed by atoms with Gasteiger partial charge in [0, 0.05) is 46.2 Å². The summed E-state index contributed by atoms with van der Waals surface area (Å²) in [6, 6.07) is 9.41. The van der Waals surface area contributed by atoms with Crippen LogP contribution in [-0.4, -0.2) is 29.0 Å². The monoisotopic (exact) mass is 461 g/mol. The lowest BCUT2D eigenvalue weighted by molar-refractivity contribution is -0.384. The molecule has 0 aliphatic rings. The third-order valence-electron chi connectivity index (χ3n) is 5.43. The van der Waals surface area contributed by atoms with Crippen molar-refractivity contribution >= 4 is 29.2 Å². The smallest absolute Gasteiger partial charge is 0.302 e. The molecule has 2 rings (SSSR count). The van der Waals surface area contributed by atoms with Gasteiger partial charge in [-0.25, -0.2) is 4.39 Å². The van der Waals surface area contributed by atoms with Crippen LogP contribution in [0.1, 0.15) is 62.4 Å². The molecule has 0 aliphatic heterocycles. The van der Waals surface area contributed by atoms with Gasteiger partial charge in [0.2, 0.25) is 0 Å². The average Bonchev–Trinajstić information content (AvgIpc) is 2.79. The quantitative estimate of drug-likeness (QED) is 0.123. The molecule has 0 heterocycles. The van der Waals surface area contributed by atoms with Gasteiger partial charge < -0.3 is 4.74 Å². The van der Waals surface area contributed by atoms with E-state index in [-0.39, 0.29) is 34.8 Å². The molecular formula is C24H28FNO5S. The fourth-order valence-electron chi connectivity index (χ4n) is 3.33. The second kappa shape index (κ2) is 11.8. The summed E-state index contributed by atoms with van der Waals surface area (Å²) in [5, 5.41) is 11.1. The van der Waals surface area contributed by atoms with Crippen LogP contribution >= 0.6 is 11.8 Å². The molecule has 8 heteroatoms. The number of carbonyl (C=O) groups excluding carboxylic acids is 2. The number of nitro benzene ring substituents is 1. The van der Waals surface area contributed by atoms with Crippen molar-refractivity contribution in [2.45, 2.75) is 51.3 Å². The van der Waals surface area contributed by atoms with Crippen molar-refractivity contribution in [1.29, 1.82) is 0 Å². The number of nitro groups is 1. The van der Waals surface area contributed by atoms with Gasteiger partial charge in [0.1, 0.15) is 5.82 Å². The van der Waals surface area contributed by atoms with E-state index >= 15 is 0 Å². The van der Waals surface area contributed by atoms with Crippen molar-refractivity contribution in [3.05, 3.63) is 69.5 Å². The number of thioether (sulfide) groups is 1. The van der Waals surface area contributed by atoms with Crippen LogP contribution in [0.2, 0.25) is 0 Å². The summed E-state index contributed by atoms with van der Waals surface area (Å²) in [7, 11) is 0. The Labute approximate surface area is 191 Å². The second-order valence-electron chi connectivity index (χ2n) is 7.80. The molecule has 0 aliphatic carbocycles. The molecule has 2 aromatic carbocycles. The Hall–Kier alpha value is -2.74. The van der Waals surface area contributed by atoms with Crippen LogP contribution < -0.4 is 0 Å². The molecule has 172 valence electrons. The maximum Gasteiger partial charge on any atom is 0.302 e. The van der Waals surface area contributed by atoms with Gasteiger partial charge in [-0.1, -0.05) is 38.8 Å². The van der Waals surface area contributed by atoms with E-state index in [1.807, 2.05) is 6.92 Å². The van der Waals surface area contributed by atoms with Crippen molar-refractivity contribution in [3.63, 3.8) is 0 Å². The summed E-state index contributed by atoms with van der Waals surface area (Å²) in [4.78, 5) is 35.6. The minimum atomic E-state index is -0.573. The molecule has 2 aromatic rings. The molecule has 1 unspecified atom stereocenters. The van der Waals surface area contributed by atoms with E-state index < -0.39 is 16.5 Å². The number of carbonyl (C=O) groups is 2. The molecule has 0 spiro atoms. The third kappa shape index (κ3) is 6.88. The summed E-state index contributed by atoms with van der Waals surface area (Å²) >= 11 is 1.41. The maximum atomic E-state index is 14.0. The van der Waals surface area contributed by atoms with Gasteiger partial charge in [-0.2, -0.15) is 0 Å². The van der Waals surface area contributed by atoms with E-state index in [1.165, 1.54) is 49.0 Å². The van der Waals surface area contributed by atoms with E-state index in [0.29, 0.717) is 10.6 Å². The molecule has 6 nitrogen and oxygen atoms in total. The fourth-order valence-corrected chi connectivity index (χ4v) is 4.69. The minimum absolute atomic E-state index is 0.124. The predicted molar refractivity (Wildman–Crippen MR) is 123 cm³/mol.